The summed E-state index contributed by atoms with van der Waals surface area (Å²) in [7, 11) is 1.85. The zero-order chi connectivity index (χ0) is 13.8. The minimum atomic E-state index is -0.446. The lowest BCUT2D eigenvalue weighted by Crippen LogP contribution is -2.47. The van der Waals surface area contributed by atoms with Crippen molar-refractivity contribution in [1.82, 2.24) is 9.88 Å². The van der Waals surface area contributed by atoms with Crippen molar-refractivity contribution in [3.63, 3.8) is 0 Å². The van der Waals surface area contributed by atoms with Gasteiger partial charge in [0.1, 0.15) is 11.2 Å². The molecule has 19 heavy (non-hydrogen) atoms. The van der Waals surface area contributed by atoms with Crippen molar-refractivity contribution in [2.75, 3.05) is 25.0 Å². The molecule has 0 aromatic carbocycles. The first-order valence-electron chi connectivity index (χ1n) is 6.66. The minimum absolute atomic E-state index is 0.0120. The highest BCUT2D eigenvalue weighted by molar-refractivity contribution is 6.30. The largest absolute Gasteiger partial charge is 0.356 e. The van der Waals surface area contributed by atoms with E-state index in [-0.39, 0.29) is 11.9 Å². The molecule has 1 aliphatic heterocycles. The molecule has 0 radical (unpaired) electrons. The van der Waals surface area contributed by atoms with Crippen LogP contribution in [-0.2, 0) is 4.79 Å². The maximum absolute atomic E-state index is 11.9. The van der Waals surface area contributed by atoms with Gasteiger partial charge < -0.3 is 9.80 Å². The van der Waals surface area contributed by atoms with Gasteiger partial charge >= 0.3 is 0 Å². The number of piperidine rings is 1. The molecule has 104 valence electrons. The Hall–Kier alpha value is -1.29. The van der Waals surface area contributed by atoms with E-state index < -0.39 is 5.38 Å². The fraction of sp³-hybridized carbons (Fsp3) is 0.571. The summed E-state index contributed by atoms with van der Waals surface area (Å²) in [5, 5.41) is -0.446. The molecule has 5 heteroatoms. The molecule has 0 spiro atoms. The van der Waals surface area contributed by atoms with Crippen LogP contribution in [0.2, 0.25) is 0 Å². The molecule has 1 amide bonds. The number of pyridine rings is 1. The Balaban J connectivity index is 1.91. The normalized spacial score (nSPS) is 18.2. The zero-order valence-corrected chi connectivity index (χ0v) is 12.2. The van der Waals surface area contributed by atoms with E-state index in [1.54, 1.807) is 11.8 Å². The molecule has 1 saturated heterocycles. The van der Waals surface area contributed by atoms with Crippen molar-refractivity contribution in [2.45, 2.75) is 31.2 Å². The average Bonchev–Trinajstić information content (AvgIpc) is 2.46. The van der Waals surface area contributed by atoms with E-state index in [4.69, 9.17) is 11.6 Å². The van der Waals surface area contributed by atoms with Gasteiger partial charge in [0, 0.05) is 32.4 Å². The topological polar surface area (TPSA) is 36.4 Å². The van der Waals surface area contributed by atoms with Crippen LogP contribution >= 0.6 is 11.6 Å². The first-order valence-corrected chi connectivity index (χ1v) is 7.10. The summed E-state index contributed by atoms with van der Waals surface area (Å²) >= 11 is 5.86. The lowest BCUT2D eigenvalue weighted by atomic mass is 10.0. The van der Waals surface area contributed by atoms with Crippen molar-refractivity contribution in [1.29, 1.82) is 0 Å². The number of hydrogen-bond acceptors (Lipinski definition) is 3. The molecular formula is C14H20ClN3O. The third-order valence-corrected chi connectivity index (χ3v) is 3.86. The minimum Gasteiger partial charge on any atom is -0.356 e. The summed E-state index contributed by atoms with van der Waals surface area (Å²) < 4.78 is 0. The summed E-state index contributed by atoms with van der Waals surface area (Å²) in [4.78, 5) is 20.3. The number of halogens is 1. The molecule has 2 rings (SSSR count). The van der Waals surface area contributed by atoms with E-state index in [1.807, 2.05) is 31.4 Å². The van der Waals surface area contributed by atoms with E-state index >= 15 is 0 Å². The fourth-order valence-electron chi connectivity index (χ4n) is 2.48. The Bertz CT molecular complexity index is 416. The maximum atomic E-state index is 11.9. The lowest BCUT2D eigenvalue weighted by Gasteiger charge is -2.37. The molecule has 1 unspecified atom stereocenters. The van der Waals surface area contributed by atoms with Crippen molar-refractivity contribution in [3.8, 4) is 0 Å². The first kappa shape index (κ1) is 14.1. The Morgan fingerprint density at radius 1 is 1.47 bits per heavy atom. The second kappa shape index (κ2) is 6.24. The van der Waals surface area contributed by atoms with Crippen LogP contribution in [0.25, 0.3) is 0 Å². The van der Waals surface area contributed by atoms with Crippen molar-refractivity contribution < 1.29 is 4.79 Å². The van der Waals surface area contributed by atoms with Crippen LogP contribution in [-0.4, -0.2) is 47.3 Å². The van der Waals surface area contributed by atoms with Crippen LogP contribution in [0.5, 0.6) is 0 Å². The maximum Gasteiger partial charge on any atom is 0.240 e. The van der Waals surface area contributed by atoms with Crippen LogP contribution in [0.3, 0.4) is 0 Å². The predicted octanol–water partition coefficient (Wildman–Crippen LogP) is 2.14. The molecule has 0 aliphatic carbocycles. The van der Waals surface area contributed by atoms with Crippen molar-refractivity contribution in [3.05, 3.63) is 24.4 Å². The third kappa shape index (κ3) is 3.38. The summed E-state index contributed by atoms with van der Waals surface area (Å²) in [6.07, 6.45) is 3.73. The van der Waals surface area contributed by atoms with Gasteiger partial charge in [0.15, 0.2) is 0 Å². The van der Waals surface area contributed by atoms with Crippen LogP contribution in [0, 0.1) is 0 Å². The zero-order valence-electron chi connectivity index (χ0n) is 11.4. The molecule has 1 atom stereocenters. The van der Waals surface area contributed by atoms with Gasteiger partial charge in [-0.2, -0.15) is 0 Å². The Morgan fingerprint density at radius 3 is 2.68 bits per heavy atom. The highest BCUT2D eigenvalue weighted by Gasteiger charge is 2.27. The smallest absolute Gasteiger partial charge is 0.240 e. The van der Waals surface area contributed by atoms with E-state index in [9.17, 15) is 4.79 Å². The second-order valence-corrected chi connectivity index (χ2v) is 5.63. The van der Waals surface area contributed by atoms with E-state index in [1.165, 1.54) is 0 Å². The predicted molar refractivity (Wildman–Crippen MR) is 77.6 cm³/mol. The number of carbonyl (C=O) groups is 1. The van der Waals surface area contributed by atoms with Gasteiger partial charge in [-0.25, -0.2) is 4.98 Å². The van der Waals surface area contributed by atoms with Crippen LogP contribution < -0.4 is 4.90 Å². The van der Waals surface area contributed by atoms with Gasteiger partial charge in [-0.3, -0.25) is 4.79 Å². The van der Waals surface area contributed by atoms with E-state index in [0.29, 0.717) is 0 Å². The summed E-state index contributed by atoms with van der Waals surface area (Å²) in [6, 6.07) is 6.23. The van der Waals surface area contributed by atoms with Gasteiger partial charge in [0.25, 0.3) is 0 Å². The van der Waals surface area contributed by atoms with Gasteiger partial charge in [0.2, 0.25) is 5.91 Å². The summed E-state index contributed by atoms with van der Waals surface area (Å²) in [5.41, 5.74) is 0. The highest BCUT2D eigenvalue weighted by Crippen LogP contribution is 2.20. The summed E-state index contributed by atoms with van der Waals surface area (Å²) in [5.74, 6) is 1.03. The number of alkyl halides is 1. The molecule has 1 fully saturated rings. The Morgan fingerprint density at radius 2 is 2.16 bits per heavy atom. The standard InChI is InChI=1S/C14H20ClN3O/c1-11(15)14(19)17(2)12-6-9-18(10-7-12)13-5-3-4-8-16-13/h3-5,8,11-12H,6-7,9-10H2,1-2H3. The number of carbonyl (C=O) groups excluding carboxylic acids is 1. The average molecular weight is 282 g/mol. The molecular weight excluding hydrogens is 262 g/mol. The Kier molecular flexibility index (Phi) is 4.64. The number of hydrogen-bond donors (Lipinski definition) is 0. The second-order valence-electron chi connectivity index (χ2n) is 4.97. The van der Waals surface area contributed by atoms with Crippen LogP contribution in [0.4, 0.5) is 5.82 Å². The number of amides is 1. The molecule has 4 nitrogen and oxygen atoms in total. The number of aromatic nitrogens is 1. The quantitative estimate of drug-likeness (QED) is 0.797. The van der Waals surface area contributed by atoms with E-state index in [0.717, 1.165) is 31.7 Å². The van der Waals surface area contributed by atoms with Crippen LogP contribution in [0.1, 0.15) is 19.8 Å². The molecule has 2 heterocycles. The number of anilines is 1. The SMILES string of the molecule is CC(Cl)C(=O)N(C)C1CCN(c2ccccn2)CC1. The van der Waals surface area contributed by atoms with Gasteiger partial charge in [-0.1, -0.05) is 6.07 Å². The van der Waals surface area contributed by atoms with Gasteiger partial charge in [0.05, 0.1) is 0 Å². The third-order valence-electron chi connectivity index (χ3n) is 3.67. The summed E-state index contributed by atoms with van der Waals surface area (Å²) in [6.45, 7) is 3.58. The molecule has 1 aromatic rings. The molecule has 0 bridgehead atoms. The fourth-order valence-corrected chi connectivity index (χ4v) is 2.64. The lowest BCUT2D eigenvalue weighted by molar-refractivity contribution is -0.131. The number of nitrogens with zero attached hydrogens (tertiary/aromatic N) is 3. The monoisotopic (exact) mass is 281 g/mol. The van der Waals surface area contributed by atoms with Gasteiger partial charge in [-0.05, 0) is 31.9 Å². The molecule has 0 saturated carbocycles. The van der Waals surface area contributed by atoms with Crippen LogP contribution in [0.15, 0.2) is 24.4 Å². The van der Waals surface area contributed by atoms with Crippen molar-refractivity contribution >= 4 is 23.3 Å². The molecule has 1 aromatic heterocycles. The highest BCUT2D eigenvalue weighted by atomic mass is 35.5. The van der Waals surface area contributed by atoms with E-state index in [2.05, 4.69) is 9.88 Å². The molecule has 1 aliphatic rings. The van der Waals surface area contributed by atoms with Crippen molar-refractivity contribution in [2.24, 2.45) is 0 Å². The van der Waals surface area contributed by atoms with Gasteiger partial charge in [-0.15, -0.1) is 11.6 Å². The number of rotatable bonds is 3. The molecule has 0 N–H and O–H groups in total. The first-order chi connectivity index (χ1) is 9.09. The Labute approximate surface area is 119 Å².